The molecule has 1 saturated heterocycles. The van der Waals surface area contributed by atoms with Crippen LogP contribution >= 0.6 is 0 Å². The largest absolute Gasteiger partial charge is 0.402 e. The van der Waals surface area contributed by atoms with Crippen LogP contribution in [0.1, 0.15) is 6.42 Å². The molecular weight excluding hydrogens is 249 g/mol. The van der Waals surface area contributed by atoms with Gasteiger partial charge in [0.05, 0.1) is 0 Å². The number of alkyl halides is 3. The van der Waals surface area contributed by atoms with Crippen LogP contribution in [0.3, 0.4) is 0 Å². The molecule has 1 aliphatic rings. The number of aliphatic hydroxyl groups is 1. The summed E-state index contributed by atoms with van der Waals surface area (Å²) < 4.78 is 60.6. The van der Waals surface area contributed by atoms with E-state index in [0.29, 0.717) is 4.31 Å². The van der Waals surface area contributed by atoms with Crippen LogP contribution in [-0.4, -0.2) is 61.1 Å². The Morgan fingerprint density at radius 3 is 2.25 bits per heavy atom. The van der Waals surface area contributed by atoms with Crippen LogP contribution in [0.4, 0.5) is 13.2 Å². The molecule has 0 bridgehead atoms. The number of aliphatic hydroxyl groups excluding tert-OH is 1. The van der Waals surface area contributed by atoms with Gasteiger partial charge in [-0.25, -0.2) is 0 Å². The predicted octanol–water partition coefficient (Wildman–Crippen LogP) is -0.207. The van der Waals surface area contributed by atoms with Crippen LogP contribution in [0.2, 0.25) is 0 Å². The first-order valence-corrected chi connectivity index (χ1v) is 6.10. The maximum absolute atomic E-state index is 12.1. The fraction of sp³-hybridized carbons (Fsp3) is 1.00. The minimum Gasteiger partial charge on any atom is -0.396 e. The van der Waals surface area contributed by atoms with Gasteiger partial charge in [-0.3, -0.25) is 0 Å². The highest BCUT2D eigenvalue weighted by Gasteiger charge is 2.42. The maximum atomic E-state index is 12.1. The molecule has 0 radical (unpaired) electrons. The van der Waals surface area contributed by atoms with Gasteiger partial charge in [-0.05, 0) is 6.42 Å². The highest BCUT2D eigenvalue weighted by molar-refractivity contribution is 7.87. The predicted molar refractivity (Wildman–Crippen MR) is 49.8 cm³/mol. The average molecular weight is 262 g/mol. The zero-order valence-corrected chi connectivity index (χ0v) is 9.26. The highest BCUT2D eigenvalue weighted by atomic mass is 32.2. The standard InChI is InChI=1S/C7H13F3N2O3S/c8-7(9,10)6-12-4-3-11(2-1-5-13)16(12,14)15/h13H,1-6H2. The van der Waals surface area contributed by atoms with Gasteiger partial charge in [0.2, 0.25) is 0 Å². The molecule has 16 heavy (non-hydrogen) atoms. The van der Waals surface area contributed by atoms with Gasteiger partial charge in [0, 0.05) is 26.2 Å². The molecule has 5 nitrogen and oxygen atoms in total. The van der Waals surface area contributed by atoms with Crippen LogP contribution in [0.5, 0.6) is 0 Å². The van der Waals surface area contributed by atoms with Crippen molar-refractivity contribution >= 4 is 10.2 Å². The third kappa shape index (κ3) is 3.30. The van der Waals surface area contributed by atoms with Gasteiger partial charge < -0.3 is 5.11 Å². The van der Waals surface area contributed by atoms with Gasteiger partial charge in [-0.2, -0.15) is 30.2 Å². The molecule has 96 valence electrons. The molecule has 0 saturated carbocycles. The second kappa shape index (κ2) is 4.86. The average Bonchev–Trinajstić information content (AvgIpc) is 2.37. The highest BCUT2D eigenvalue weighted by Crippen LogP contribution is 2.23. The van der Waals surface area contributed by atoms with Crippen LogP contribution in [-0.2, 0) is 10.2 Å². The second-order valence-electron chi connectivity index (χ2n) is 3.43. The molecule has 0 unspecified atom stereocenters. The van der Waals surface area contributed by atoms with Gasteiger partial charge in [0.15, 0.2) is 0 Å². The number of halogens is 3. The Balaban J connectivity index is 2.65. The van der Waals surface area contributed by atoms with Crippen molar-refractivity contribution in [2.24, 2.45) is 0 Å². The minimum atomic E-state index is -4.53. The minimum absolute atomic E-state index is 0.0401. The van der Waals surface area contributed by atoms with E-state index in [-0.39, 0.29) is 32.7 Å². The molecule has 0 aromatic carbocycles. The van der Waals surface area contributed by atoms with Crippen molar-refractivity contribution in [1.82, 2.24) is 8.61 Å². The summed E-state index contributed by atoms with van der Waals surface area (Å²) in [6, 6.07) is 0. The van der Waals surface area contributed by atoms with Crippen LogP contribution in [0, 0.1) is 0 Å². The molecule has 1 fully saturated rings. The lowest BCUT2D eigenvalue weighted by molar-refractivity contribution is -0.135. The van der Waals surface area contributed by atoms with Gasteiger partial charge in [-0.1, -0.05) is 0 Å². The summed E-state index contributed by atoms with van der Waals surface area (Å²) >= 11 is 0. The van der Waals surface area contributed by atoms with Gasteiger partial charge in [-0.15, -0.1) is 0 Å². The van der Waals surface area contributed by atoms with Crippen LogP contribution < -0.4 is 0 Å². The maximum Gasteiger partial charge on any atom is 0.402 e. The lowest BCUT2D eigenvalue weighted by Gasteiger charge is -2.19. The smallest absolute Gasteiger partial charge is 0.396 e. The van der Waals surface area contributed by atoms with E-state index < -0.39 is 22.9 Å². The van der Waals surface area contributed by atoms with Crippen molar-refractivity contribution in [2.75, 3.05) is 32.8 Å². The molecule has 0 aromatic heterocycles. The Morgan fingerprint density at radius 2 is 1.75 bits per heavy atom. The molecule has 1 heterocycles. The van der Waals surface area contributed by atoms with Crippen molar-refractivity contribution < 1.29 is 26.7 Å². The molecule has 0 aromatic rings. The molecule has 9 heteroatoms. The fourth-order valence-corrected chi connectivity index (χ4v) is 3.07. The van der Waals surface area contributed by atoms with Gasteiger partial charge in [0.1, 0.15) is 6.54 Å². The van der Waals surface area contributed by atoms with E-state index in [0.717, 1.165) is 4.31 Å². The van der Waals surface area contributed by atoms with E-state index in [4.69, 9.17) is 5.11 Å². The zero-order valence-electron chi connectivity index (χ0n) is 8.44. The van der Waals surface area contributed by atoms with E-state index in [2.05, 4.69) is 0 Å². The molecule has 0 amide bonds. The van der Waals surface area contributed by atoms with Crippen molar-refractivity contribution in [1.29, 1.82) is 0 Å². The Hall–Kier alpha value is -0.380. The molecule has 0 spiro atoms. The van der Waals surface area contributed by atoms with Crippen molar-refractivity contribution in [3.63, 3.8) is 0 Å². The Labute approximate surface area is 91.6 Å². The summed E-state index contributed by atoms with van der Waals surface area (Å²) in [5.74, 6) is 0. The first-order valence-electron chi connectivity index (χ1n) is 4.70. The fourth-order valence-electron chi connectivity index (χ4n) is 1.45. The summed E-state index contributed by atoms with van der Waals surface area (Å²) in [5.41, 5.74) is 0. The quantitative estimate of drug-likeness (QED) is 0.763. The topological polar surface area (TPSA) is 60.9 Å². The molecule has 0 atom stereocenters. The first-order chi connectivity index (χ1) is 7.27. The molecule has 1 rings (SSSR count). The summed E-state index contributed by atoms with van der Waals surface area (Å²) in [6.07, 6.45) is -4.31. The van der Waals surface area contributed by atoms with Crippen molar-refractivity contribution in [3.8, 4) is 0 Å². The summed E-state index contributed by atoms with van der Waals surface area (Å²) in [7, 11) is -4.00. The first kappa shape index (κ1) is 13.7. The van der Waals surface area contributed by atoms with E-state index in [1.54, 1.807) is 0 Å². The third-order valence-electron chi connectivity index (χ3n) is 2.17. The van der Waals surface area contributed by atoms with Gasteiger partial charge in [0.25, 0.3) is 10.2 Å². The Kier molecular flexibility index (Phi) is 4.16. The summed E-state index contributed by atoms with van der Waals surface area (Å²) in [5, 5.41) is 8.53. The van der Waals surface area contributed by atoms with Crippen LogP contribution in [0.15, 0.2) is 0 Å². The van der Waals surface area contributed by atoms with E-state index in [9.17, 15) is 21.6 Å². The number of hydrogen-bond acceptors (Lipinski definition) is 3. The Bertz CT molecular complexity index is 330. The van der Waals surface area contributed by atoms with E-state index >= 15 is 0 Å². The lowest BCUT2D eigenvalue weighted by Crippen LogP contribution is -2.39. The van der Waals surface area contributed by atoms with Crippen molar-refractivity contribution in [3.05, 3.63) is 0 Å². The number of hydrogen-bond donors (Lipinski definition) is 1. The normalized spacial score (nSPS) is 22.8. The van der Waals surface area contributed by atoms with E-state index in [1.807, 2.05) is 0 Å². The Morgan fingerprint density at radius 1 is 1.19 bits per heavy atom. The number of rotatable bonds is 4. The monoisotopic (exact) mass is 262 g/mol. The molecular formula is C7H13F3N2O3S. The molecule has 1 aliphatic heterocycles. The summed E-state index contributed by atoms with van der Waals surface area (Å²) in [4.78, 5) is 0. The second-order valence-corrected chi connectivity index (χ2v) is 5.36. The third-order valence-corrected chi connectivity index (χ3v) is 4.15. The van der Waals surface area contributed by atoms with Crippen molar-refractivity contribution in [2.45, 2.75) is 12.6 Å². The number of nitrogens with zero attached hydrogens (tertiary/aromatic N) is 2. The van der Waals surface area contributed by atoms with Gasteiger partial charge >= 0.3 is 6.18 Å². The van der Waals surface area contributed by atoms with Crippen LogP contribution in [0.25, 0.3) is 0 Å². The van der Waals surface area contributed by atoms with E-state index in [1.165, 1.54) is 0 Å². The SMILES string of the molecule is O=S1(=O)N(CCCO)CCN1CC(F)(F)F. The lowest BCUT2D eigenvalue weighted by atomic mass is 10.4. The summed E-state index contributed by atoms with van der Waals surface area (Å²) in [6.45, 7) is -1.71. The zero-order chi connectivity index (χ0) is 12.4. The molecule has 0 aliphatic carbocycles. The molecule has 1 N–H and O–H groups in total.